The molecule has 0 aliphatic heterocycles. The Bertz CT molecular complexity index is 50.9. The zero-order chi connectivity index (χ0) is 7.11. The first-order valence-electron chi connectivity index (χ1n) is 3.56. The molecule has 1 atom stereocenters. The summed E-state index contributed by atoms with van der Waals surface area (Å²) in [6, 6.07) is 0. The lowest BCUT2D eigenvalue weighted by Gasteiger charge is -2.08. The lowest BCUT2D eigenvalue weighted by Crippen LogP contribution is -2.04. The van der Waals surface area contributed by atoms with Gasteiger partial charge < -0.3 is 10.2 Å². The molecule has 0 aromatic heterocycles. The van der Waals surface area contributed by atoms with Crippen LogP contribution in [0.2, 0.25) is 0 Å². The van der Waals surface area contributed by atoms with E-state index >= 15 is 0 Å². The molecule has 0 saturated heterocycles. The first-order chi connectivity index (χ1) is 4.35. The first-order valence-corrected chi connectivity index (χ1v) is 3.56. The van der Waals surface area contributed by atoms with E-state index in [0.717, 1.165) is 19.3 Å². The van der Waals surface area contributed by atoms with Gasteiger partial charge >= 0.3 is 0 Å². The molecular formula is C7H16O2. The van der Waals surface area contributed by atoms with E-state index < -0.39 is 0 Å². The molecule has 0 aliphatic rings. The van der Waals surface area contributed by atoms with Crippen LogP contribution in [-0.4, -0.2) is 23.4 Å². The molecule has 56 valence electrons. The van der Waals surface area contributed by atoms with Gasteiger partial charge in [-0.25, -0.2) is 0 Å². The van der Waals surface area contributed by atoms with Crippen molar-refractivity contribution in [1.29, 1.82) is 0 Å². The summed E-state index contributed by atoms with van der Waals surface area (Å²) in [6.07, 6.45) is 2.78. The topological polar surface area (TPSA) is 40.5 Å². The molecule has 0 heterocycles. The highest BCUT2D eigenvalue weighted by Gasteiger charge is 2.01. The summed E-state index contributed by atoms with van der Waals surface area (Å²) in [7, 11) is 0. The Labute approximate surface area is 56.5 Å². The molecule has 0 rings (SSSR count). The number of hydrogen-bond donors (Lipinski definition) is 2. The molecule has 0 spiro atoms. The van der Waals surface area contributed by atoms with Gasteiger partial charge in [-0.2, -0.15) is 0 Å². The zero-order valence-electron chi connectivity index (χ0n) is 6.01. The lowest BCUT2D eigenvalue weighted by atomic mass is 10.0. The number of rotatable bonds is 5. The fourth-order valence-corrected chi connectivity index (χ4v) is 0.804. The molecule has 0 aromatic carbocycles. The van der Waals surface area contributed by atoms with Gasteiger partial charge in [0.15, 0.2) is 0 Å². The molecule has 0 fully saturated rings. The Morgan fingerprint density at radius 3 is 2.33 bits per heavy atom. The Hall–Kier alpha value is -0.0800. The second kappa shape index (κ2) is 6.05. The molecule has 2 nitrogen and oxygen atoms in total. The summed E-state index contributed by atoms with van der Waals surface area (Å²) in [6.45, 7) is 2.56. The van der Waals surface area contributed by atoms with Crippen LogP contribution in [0.4, 0.5) is 0 Å². The van der Waals surface area contributed by atoms with E-state index in [2.05, 4.69) is 6.92 Å². The van der Waals surface area contributed by atoms with Crippen molar-refractivity contribution in [3.05, 3.63) is 0 Å². The van der Waals surface area contributed by atoms with E-state index in [1.807, 2.05) is 0 Å². The van der Waals surface area contributed by atoms with Gasteiger partial charge in [0, 0.05) is 13.2 Å². The van der Waals surface area contributed by atoms with E-state index in [1.54, 1.807) is 0 Å². The van der Waals surface area contributed by atoms with Gasteiger partial charge in [0.1, 0.15) is 0 Å². The minimum Gasteiger partial charge on any atom is -0.396 e. The smallest absolute Gasteiger partial charge is 0.0459 e. The standard InChI is InChI=1S/C7H16O2/c1-2-7(6-9)4-3-5-8/h7-9H,2-6H2,1H3. The molecule has 0 amide bonds. The maximum atomic E-state index is 8.67. The molecule has 9 heavy (non-hydrogen) atoms. The summed E-state index contributed by atoms with van der Waals surface area (Å²) in [5, 5.41) is 17.1. The van der Waals surface area contributed by atoms with Crippen molar-refractivity contribution in [1.82, 2.24) is 0 Å². The van der Waals surface area contributed by atoms with Crippen LogP contribution in [0.25, 0.3) is 0 Å². The van der Waals surface area contributed by atoms with Crippen molar-refractivity contribution < 1.29 is 10.2 Å². The fourth-order valence-electron chi connectivity index (χ4n) is 0.804. The van der Waals surface area contributed by atoms with Gasteiger partial charge in [-0.1, -0.05) is 13.3 Å². The van der Waals surface area contributed by atoms with E-state index in [9.17, 15) is 0 Å². The highest BCUT2D eigenvalue weighted by atomic mass is 16.3. The van der Waals surface area contributed by atoms with Crippen LogP contribution >= 0.6 is 0 Å². The Balaban J connectivity index is 3.09. The van der Waals surface area contributed by atoms with Crippen molar-refractivity contribution in [3.8, 4) is 0 Å². The largest absolute Gasteiger partial charge is 0.396 e. The average molecular weight is 132 g/mol. The van der Waals surface area contributed by atoms with Gasteiger partial charge in [-0.05, 0) is 18.8 Å². The van der Waals surface area contributed by atoms with Gasteiger partial charge in [0.05, 0.1) is 0 Å². The van der Waals surface area contributed by atoms with Crippen LogP contribution < -0.4 is 0 Å². The maximum absolute atomic E-state index is 8.67. The number of aliphatic hydroxyl groups is 2. The highest BCUT2D eigenvalue weighted by Crippen LogP contribution is 2.08. The molecule has 0 saturated carbocycles. The molecule has 2 N–H and O–H groups in total. The summed E-state index contributed by atoms with van der Waals surface area (Å²) in [4.78, 5) is 0. The fraction of sp³-hybridized carbons (Fsp3) is 1.00. The summed E-state index contributed by atoms with van der Waals surface area (Å²) in [5.74, 6) is 0.400. The molecule has 0 radical (unpaired) electrons. The van der Waals surface area contributed by atoms with Crippen LogP contribution in [0.15, 0.2) is 0 Å². The third-order valence-electron chi connectivity index (χ3n) is 1.61. The normalized spacial score (nSPS) is 13.7. The minimum atomic E-state index is 0.247. The maximum Gasteiger partial charge on any atom is 0.0459 e. The van der Waals surface area contributed by atoms with Crippen LogP contribution in [0.5, 0.6) is 0 Å². The van der Waals surface area contributed by atoms with Gasteiger partial charge in [-0.15, -0.1) is 0 Å². The summed E-state index contributed by atoms with van der Waals surface area (Å²) >= 11 is 0. The van der Waals surface area contributed by atoms with Crippen molar-refractivity contribution in [2.24, 2.45) is 5.92 Å². The molecular weight excluding hydrogens is 116 g/mol. The van der Waals surface area contributed by atoms with Crippen molar-refractivity contribution in [2.75, 3.05) is 13.2 Å². The molecule has 0 aromatic rings. The third-order valence-corrected chi connectivity index (χ3v) is 1.61. The van der Waals surface area contributed by atoms with Crippen LogP contribution in [0, 0.1) is 5.92 Å². The van der Waals surface area contributed by atoms with Gasteiger partial charge in [-0.3, -0.25) is 0 Å². The number of aliphatic hydroxyl groups excluding tert-OH is 2. The van der Waals surface area contributed by atoms with E-state index in [4.69, 9.17) is 10.2 Å². The molecule has 0 aliphatic carbocycles. The van der Waals surface area contributed by atoms with E-state index in [1.165, 1.54) is 0 Å². The SMILES string of the molecule is CCC(CO)CCCO. The third kappa shape index (κ3) is 4.43. The molecule has 1 unspecified atom stereocenters. The van der Waals surface area contributed by atoms with E-state index in [-0.39, 0.29) is 13.2 Å². The lowest BCUT2D eigenvalue weighted by molar-refractivity contribution is 0.198. The summed E-state index contributed by atoms with van der Waals surface area (Å²) < 4.78 is 0. The second-order valence-electron chi connectivity index (χ2n) is 2.32. The predicted octanol–water partition coefficient (Wildman–Crippen LogP) is 0.777. The Kier molecular flexibility index (Phi) is 5.99. The number of hydrogen-bond acceptors (Lipinski definition) is 2. The molecule has 2 heteroatoms. The van der Waals surface area contributed by atoms with Crippen LogP contribution in [0.1, 0.15) is 26.2 Å². The average Bonchev–Trinajstić information content (AvgIpc) is 1.91. The van der Waals surface area contributed by atoms with E-state index in [0.29, 0.717) is 5.92 Å². The van der Waals surface area contributed by atoms with Gasteiger partial charge in [0.2, 0.25) is 0 Å². The zero-order valence-corrected chi connectivity index (χ0v) is 6.01. The Morgan fingerprint density at radius 1 is 1.33 bits per heavy atom. The highest BCUT2D eigenvalue weighted by molar-refractivity contribution is 4.53. The van der Waals surface area contributed by atoms with Gasteiger partial charge in [0.25, 0.3) is 0 Å². The molecule has 0 bridgehead atoms. The second-order valence-corrected chi connectivity index (χ2v) is 2.32. The minimum absolute atomic E-state index is 0.247. The monoisotopic (exact) mass is 132 g/mol. The predicted molar refractivity (Wildman–Crippen MR) is 37.2 cm³/mol. The van der Waals surface area contributed by atoms with Crippen LogP contribution in [0.3, 0.4) is 0 Å². The van der Waals surface area contributed by atoms with Crippen LogP contribution in [-0.2, 0) is 0 Å². The Morgan fingerprint density at radius 2 is 2.00 bits per heavy atom. The van der Waals surface area contributed by atoms with Crippen molar-refractivity contribution >= 4 is 0 Å². The van der Waals surface area contributed by atoms with Crippen molar-refractivity contribution in [2.45, 2.75) is 26.2 Å². The summed E-state index contributed by atoms with van der Waals surface area (Å²) in [5.41, 5.74) is 0. The van der Waals surface area contributed by atoms with Crippen molar-refractivity contribution in [3.63, 3.8) is 0 Å². The first kappa shape index (κ1) is 8.92. The quantitative estimate of drug-likeness (QED) is 0.580.